The van der Waals surface area contributed by atoms with Gasteiger partial charge in [0, 0.05) is 94.4 Å². The molecule has 0 aromatic rings. The van der Waals surface area contributed by atoms with E-state index in [0.29, 0.717) is 79.4 Å². The van der Waals surface area contributed by atoms with Crippen LogP contribution >= 0.6 is 0 Å². The van der Waals surface area contributed by atoms with Gasteiger partial charge in [0.25, 0.3) is 0 Å². The van der Waals surface area contributed by atoms with Crippen LogP contribution in [0.4, 0.5) is 0 Å². The number of ketones is 3. The zero-order chi connectivity index (χ0) is 58.6. The van der Waals surface area contributed by atoms with Crippen molar-refractivity contribution in [3.63, 3.8) is 0 Å². The molecule has 0 amide bonds. The van der Waals surface area contributed by atoms with E-state index in [-0.39, 0.29) is 67.1 Å². The minimum absolute atomic E-state index is 0.0295. The monoisotopic (exact) mass is 1120 g/mol. The number of aliphatic hydroxyl groups is 3. The third kappa shape index (κ3) is 23.2. The molecule has 0 aromatic carbocycles. The lowest BCUT2D eigenvalue weighted by molar-refractivity contribution is -0.186. The molecule has 3 N–H and O–H groups in total. The van der Waals surface area contributed by atoms with Crippen LogP contribution in [0.1, 0.15) is 195 Å². The average molecular weight is 1130 g/mol. The Kier molecular flexibility index (Phi) is 35.8. The van der Waals surface area contributed by atoms with Crippen molar-refractivity contribution < 1.29 is 67.7 Å². The second-order valence-electron chi connectivity index (χ2n) is 22.6. The van der Waals surface area contributed by atoms with Gasteiger partial charge in [0.05, 0.1) is 40.6 Å². The van der Waals surface area contributed by atoms with E-state index in [1.165, 1.54) is 14.2 Å². The van der Waals surface area contributed by atoms with Crippen LogP contribution in [-0.4, -0.2) is 117 Å². The molecule has 0 bridgehead atoms. The largest absolute Gasteiger partial charge is 0.469 e. The van der Waals surface area contributed by atoms with Crippen molar-refractivity contribution in [3.8, 4) is 0 Å². The van der Waals surface area contributed by atoms with Crippen LogP contribution in [0.25, 0.3) is 0 Å². The molecular formula is C66H108O14. The summed E-state index contributed by atoms with van der Waals surface area (Å²) in [6, 6.07) is 0. The summed E-state index contributed by atoms with van der Waals surface area (Å²) in [5, 5.41) is 26.9. The Hall–Kier alpha value is -3.63. The summed E-state index contributed by atoms with van der Waals surface area (Å²) in [6.07, 6.45) is 43.1. The second-order valence-corrected chi connectivity index (χ2v) is 22.6. The normalized spacial score (nSPS) is 28.5. The van der Waals surface area contributed by atoms with E-state index in [2.05, 4.69) is 100 Å². The molecule has 5 aliphatic carbocycles. The van der Waals surface area contributed by atoms with E-state index in [0.717, 1.165) is 154 Å². The van der Waals surface area contributed by atoms with Crippen molar-refractivity contribution in [2.45, 2.75) is 207 Å². The number of esters is 2. The summed E-state index contributed by atoms with van der Waals surface area (Å²) >= 11 is 0. The number of methoxy groups -OCH3 is 2. The first-order valence-electron chi connectivity index (χ1n) is 31.2. The summed E-state index contributed by atoms with van der Waals surface area (Å²) in [5.41, 5.74) is 0. The minimum atomic E-state index is -0.448. The molecule has 456 valence electrons. The van der Waals surface area contributed by atoms with Gasteiger partial charge in [-0.05, 0) is 145 Å². The average Bonchev–Trinajstić information content (AvgIpc) is 4.43. The van der Waals surface area contributed by atoms with E-state index in [1.807, 2.05) is 0 Å². The van der Waals surface area contributed by atoms with Crippen LogP contribution in [0.15, 0.2) is 60.8 Å². The molecule has 0 aromatic heterocycles. The van der Waals surface area contributed by atoms with Crippen LogP contribution < -0.4 is 0 Å². The topological polar surface area (TPSA) is 201 Å². The maximum absolute atomic E-state index is 11.7. The van der Waals surface area contributed by atoms with Crippen LogP contribution in [0.3, 0.4) is 0 Å². The molecule has 14 heteroatoms. The SMILES string of the molecule is CC/C=C\C[C@@H]1[C@@H](CC(=O)OC)CCC12OCCO2.CC/C=C\C[C@@H]1[C@@H](CCO)CCC12OCCO2.CC/C=C\C[C@H]1C(=O)CC[C@@H]1CC(=O)OC.CC/C=C\C[C@H]1C(=O)CC[C@@H]1CCO.CC/C=C\C[C@H]1C(=O)CC[C@@H]1CCO. The Balaban J connectivity index is 0.000000264. The first-order chi connectivity index (χ1) is 38.8. The third-order valence-electron chi connectivity index (χ3n) is 17.6. The van der Waals surface area contributed by atoms with E-state index < -0.39 is 5.79 Å². The van der Waals surface area contributed by atoms with Crippen molar-refractivity contribution in [1.82, 2.24) is 0 Å². The van der Waals surface area contributed by atoms with Crippen molar-refractivity contribution in [2.75, 3.05) is 60.5 Å². The lowest BCUT2D eigenvalue weighted by Crippen LogP contribution is -2.37. The summed E-state index contributed by atoms with van der Waals surface area (Å²) < 4.78 is 33.0. The van der Waals surface area contributed by atoms with E-state index in [4.69, 9.17) is 39.0 Å². The maximum Gasteiger partial charge on any atom is 0.305 e. The van der Waals surface area contributed by atoms with Gasteiger partial charge in [-0.2, -0.15) is 0 Å². The molecule has 7 rings (SSSR count). The van der Waals surface area contributed by atoms with Crippen molar-refractivity contribution >= 4 is 29.3 Å². The molecule has 14 nitrogen and oxygen atoms in total. The summed E-state index contributed by atoms with van der Waals surface area (Å²) in [7, 11) is 2.84. The third-order valence-corrected chi connectivity index (χ3v) is 17.6. The summed E-state index contributed by atoms with van der Waals surface area (Å²) in [6.45, 7) is 14.0. The molecule has 2 aliphatic heterocycles. The Labute approximate surface area is 482 Å². The first kappa shape index (κ1) is 70.6. The fourth-order valence-corrected chi connectivity index (χ4v) is 13.2. The van der Waals surface area contributed by atoms with Crippen LogP contribution in [0, 0.1) is 59.2 Å². The molecule has 2 heterocycles. The number of allylic oxidation sites excluding steroid dienone is 10. The van der Waals surface area contributed by atoms with Gasteiger partial charge in [-0.3, -0.25) is 24.0 Å². The number of hydrogen-bond donors (Lipinski definition) is 3. The van der Waals surface area contributed by atoms with Gasteiger partial charge >= 0.3 is 11.9 Å². The van der Waals surface area contributed by atoms with Crippen molar-refractivity contribution in [1.29, 1.82) is 0 Å². The Bertz CT molecular complexity index is 1860. The lowest BCUT2D eigenvalue weighted by atomic mass is 9.87. The van der Waals surface area contributed by atoms with Gasteiger partial charge < -0.3 is 43.7 Å². The molecule has 80 heavy (non-hydrogen) atoms. The Morgan fingerprint density at radius 2 is 0.738 bits per heavy atom. The molecule has 5 saturated carbocycles. The number of aliphatic hydroxyl groups excluding tert-OH is 3. The molecule has 7 aliphatic rings. The molecule has 0 unspecified atom stereocenters. The lowest BCUT2D eigenvalue weighted by Gasteiger charge is -2.31. The van der Waals surface area contributed by atoms with Gasteiger partial charge in [0.15, 0.2) is 11.6 Å². The van der Waals surface area contributed by atoms with Gasteiger partial charge in [0.2, 0.25) is 0 Å². The first-order valence-corrected chi connectivity index (χ1v) is 31.2. The van der Waals surface area contributed by atoms with Crippen LogP contribution in [0.2, 0.25) is 0 Å². The zero-order valence-corrected chi connectivity index (χ0v) is 50.5. The van der Waals surface area contributed by atoms with Crippen LogP contribution in [0.5, 0.6) is 0 Å². The molecule has 7 fully saturated rings. The predicted octanol–water partition coefficient (Wildman–Crippen LogP) is 12.3. The number of ether oxygens (including phenoxy) is 6. The van der Waals surface area contributed by atoms with Gasteiger partial charge in [-0.25, -0.2) is 0 Å². The van der Waals surface area contributed by atoms with Crippen LogP contribution in [-0.2, 0) is 52.4 Å². The highest BCUT2D eigenvalue weighted by atomic mass is 16.7. The quantitative estimate of drug-likeness (QED) is 0.0576. The molecule has 0 radical (unpaired) electrons. The molecule has 10 atom stereocenters. The van der Waals surface area contributed by atoms with E-state index in [1.54, 1.807) is 0 Å². The second kappa shape index (κ2) is 40.6. The maximum atomic E-state index is 11.7. The number of hydrogen-bond acceptors (Lipinski definition) is 14. The van der Waals surface area contributed by atoms with E-state index in [9.17, 15) is 24.0 Å². The highest BCUT2D eigenvalue weighted by Gasteiger charge is 2.53. The predicted molar refractivity (Wildman–Crippen MR) is 314 cm³/mol. The molecular weight excluding hydrogens is 1020 g/mol. The fraction of sp³-hybridized carbons (Fsp3) is 0.773. The Morgan fingerprint density at radius 3 is 1.09 bits per heavy atom. The smallest absolute Gasteiger partial charge is 0.305 e. The molecule has 2 spiro atoms. The Morgan fingerprint density at radius 1 is 0.438 bits per heavy atom. The number of carbonyl (C=O) groups is 5. The van der Waals surface area contributed by atoms with Crippen molar-refractivity contribution in [3.05, 3.63) is 60.8 Å². The summed E-state index contributed by atoms with van der Waals surface area (Å²) in [5.74, 6) is 2.91. The van der Waals surface area contributed by atoms with Gasteiger partial charge in [0.1, 0.15) is 17.3 Å². The zero-order valence-electron chi connectivity index (χ0n) is 50.5. The summed E-state index contributed by atoms with van der Waals surface area (Å²) in [4.78, 5) is 57.5. The van der Waals surface area contributed by atoms with E-state index >= 15 is 0 Å². The van der Waals surface area contributed by atoms with Gasteiger partial charge in [-0.15, -0.1) is 0 Å². The number of carbonyl (C=O) groups excluding carboxylic acids is 5. The minimum Gasteiger partial charge on any atom is -0.469 e. The highest BCUT2D eigenvalue weighted by molar-refractivity contribution is 5.85. The van der Waals surface area contributed by atoms with Gasteiger partial charge in [-0.1, -0.05) is 95.4 Å². The number of Topliss-reactive ketones (excluding diaryl/α,β-unsaturated/α-hetero) is 3. The van der Waals surface area contributed by atoms with Crippen molar-refractivity contribution in [2.24, 2.45) is 59.2 Å². The fourth-order valence-electron chi connectivity index (χ4n) is 13.2. The molecule has 2 saturated heterocycles. The standard InChI is InChI=1S/C15H24O4.C14H24O3.C13H20O3.2C12H20O2/c1-3-4-5-6-13-12(11-14(16)17-2)7-8-15(13)18-9-10-19-15;1-2-3-4-5-13-12(7-9-15)6-8-14(13)16-10-11-17-14;1-3-4-5-6-11-10(7-8-12(11)14)9-13(15)16-2;2*1-2-3-4-5-11-10(8-9-13)6-7-12(11)14/h4-5,12-13H,3,6-11H2,1-2H3;3-4,12-13,15H,2,5-11H2,1H3;4-5,10-11H,3,6-9H2,1-2H3;2*3-4,10-11,13H,2,5-9H2,1H3/b5-4-;4-3-;5-4-;2*4-3-/t2*12-,13-;3*10-,11-/m11111/s1. The number of rotatable bonds is 25. The highest BCUT2D eigenvalue weighted by Crippen LogP contribution is 2.50.